The van der Waals surface area contributed by atoms with Crippen LogP contribution < -0.4 is 10.6 Å². The summed E-state index contributed by atoms with van der Waals surface area (Å²) in [4.78, 5) is 36.1. The van der Waals surface area contributed by atoms with E-state index in [1.807, 2.05) is 79.7 Å². The molecule has 0 bridgehead atoms. The average molecular weight is 416 g/mol. The molecule has 0 saturated carbocycles. The Hall–Kier alpha value is -3.93. The summed E-state index contributed by atoms with van der Waals surface area (Å²) in [5, 5.41) is 5.26. The van der Waals surface area contributed by atoms with Crippen LogP contribution in [0.15, 0.2) is 84.9 Å². The number of carbonyl (C=O) groups is 3. The summed E-state index contributed by atoms with van der Waals surface area (Å²) < 4.78 is 4.94. The van der Waals surface area contributed by atoms with Crippen LogP contribution in [0.2, 0.25) is 0 Å². The Morgan fingerprint density at radius 3 is 2.03 bits per heavy atom. The van der Waals surface area contributed by atoms with Crippen molar-refractivity contribution in [2.75, 3.05) is 13.2 Å². The highest BCUT2D eigenvalue weighted by molar-refractivity contribution is 5.96. The Morgan fingerprint density at radius 2 is 1.39 bits per heavy atom. The topological polar surface area (TPSA) is 84.5 Å². The predicted octanol–water partition coefficient (Wildman–Crippen LogP) is 3.50. The first-order chi connectivity index (χ1) is 15.0. The zero-order valence-electron chi connectivity index (χ0n) is 17.2. The SMILES string of the molecule is CC(NC(=O)COC(=O)CNC(=O)c1ccc(-c2ccccc2)cc1)c1ccccc1. The third-order valence-electron chi connectivity index (χ3n) is 4.69. The molecule has 158 valence electrons. The van der Waals surface area contributed by atoms with Crippen molar-refractivity contribution in [1.29, 1.82) is 0 Å². The van der Waals surface area contributed by atoms with Gasteiger partial charge in [-0.25, -0.2) is 0 Å². The minimum atomic E-state index is -0.684. The van der Waals surface area contributed by atoms with Gasteiger partial charge in [-0.3, -0.25) is 14.4 Å². The number of hydrogen-bond donors (Lipinski definition) is 2. The Labute approximate surface area is 181 Å². The molecule has 0 aromatic heterocycles. The van der Waals surface area contributed by atoms with E-state index in [9.17, 15) is 14.4 Å². The lowest BCUT2D eigenvalue weighted by Gasteiger charge is -2.14. The van der Waals surface area contributed by atoms with Crippen molar-refractivity contribution in [2.45, 2.75) is 13.0 Å². The number of benzene rings is 3. The highest BCUT2D eigenvalue weighted by Gasteiger charge is 2.13. The second-order valence-electron chi connectivity index (χ2n) is 6.99. The van der Waals surface area contributed by atoms with Gasteiger partial charge >= 0.3 is 5.97 Å². The molecule has 0 aliphatic heterocycles. The van der Waals surface area contributed by atoms with Crippen LogP contribution in [-0.4, -0.2) is 30.9 Å². The van der Waals surface area contributed by atoms with Crippen LogP contribution in [0.4, 0.5) is 0 Å². The largest absolute Gasteiger partial charge is 0.454 e. The van der Waals surface area contributed by atoms with E-state index in [1.165, 1.54) is 0 Å². The molecule has 3 aromatic rings. The maximum absolute atomic E-state index is 12.2. The molecule has 31 heavy (non-hydrogen) atoms. The quantitative estimate of drug-likeness (QED) is 0.551. The lowest BCUT2D eigenvalue weighted by molar-refractivity contribution is -0.147. The fourth-order valence-corrected chi connectivity index (χ4v) is 3.00. The summed E-state index contributed by atoms with van der Waals surface area (Å²) >= 11 is 0. The summed E-state index contributed by atoms with van der Waals surface area (Å²) in [6.45, 7) is 1.12. The Balaban J connectivity index is 1.41. The molecule has 3 aromatic carbocycles. The van der Waals surface area contributed by atoms with Crippen molar-refractivity contribution < 1.29 is 19.1 Å². The lowest BCUT2D eigenvalue weighted by atomic mass is 10.0. The van der Waals surface area contributed by atoms with E-state index in [0.29, 0.717) is 5.56 Å². The standard InChI is InChI=1S/C25H24N2O4/c1-18(19-8-4-2-5-9-19)27-23(28)17-31-24(29)16-26-25(30)22-14-12-21(13-15-22)20-10-6-3-7-11-20/h2-15,18H,16-17H2,1H3,(H,26,30)(H,27,28). The summed E-state index contributed by atoms with van der Waals surface area (Å²) in [5.74, 6) is -1.48. The molecule has 0 fully saturated rings. The number of hydrogen-bond acceptors (Lipinski definition) is 4. The maximum atomic E-state index is 12.2. The molecule has 0 aliphatic rings. The van der Waals surface area contributed by atoms with E-state index in [1.54, 1.807) is 12.1 Å². The number of carbonyl (C=O) groups excluding carboxylic acids is 3. The van der Waals surface area contributed by atoms with Crippen LogP contribution in [0.5, 0.6) is 0 Å². The summed E-state index contributed by atoms with van der Waals surface area (Å²) in [5.41, 5.74) is 3.43. The zero-order valence-corrected chi connectivity index (χ0v) is 17.2. The molecule has 0 aliphatic carbocycles. The van der Waals surface area contributed by atoms with E-state index in [2.05, 4.69) is 10.6 Å². The number of esters is 1. The van der Waals surface area contributed by atoms with E-state index < -0.39 is 24.4 Å². The zero-order chi connectivity index (χ0) is 22.1. The van der Waals surface area contributed by atoms with Gasteiger partial charge in [0.25, 0.3) is 11.8 Å². The van der Waals surface area contributed by atoms with Gasteiger partial charge in [0.2, 0.25) is 0 Å². The van der Waals surface area contributed by atoms with Gasteiger partial charge in [-0.15, -0.1) is 0 Å². The van der Waals surface area contributed by atoms with Gasteiger partial charge in [0.15, 0.2) is 6.61 Å². The maximum Gasteiger partial charge on any atom is 0.325 e. The molecule has 0 radical (unpaired) electrons. The molecule has 0 saturated heterocycles. The van der Waals surface area contributed by atoms with Gasteiger partial charge in [0.05, 0.1) is 6.04 Å². The molecule has 0 spiro atoms. The minimum absolute atomic E-state index is 0.203. The molecule has 1 unspecified atom stereocenters. The Kier molecular flexibility index (Phi) is 7.54. The molecule has 1 atom stereocenters. The number of rotatable bonds is 8. The van der Waals surface area contributed by atoms with Gasteiger partial charge in [0.1, 0.15) is 6.54 Å². The smallest absolute Gasteiger partial charge is 0.325 e. The van der Waals surface area contributed by atoms with Crippen LogP contribution in [0.25, 0.3) is 11.1 Å². The summed E-state index contributed by atoms with van der Waals surface area (Å²) in [6, 6.07) is 26.2. The van der Waals surface area contributed by atoms with Crippen molar-refractivity contribution in [3.05, 3.63) is 96.1 Å². The van der Waals surface area contributed by atoms with Crippen molar-refractivity contribution in [3.8, 4) is 11.1 Å². The van der Waals surface area contributed by atoms with Gasteiger partial charge < -0.3 is 15.4 Å². The third kappa shape index (κ3) is 6.54. The summed E-state index contributed by atoms with van der Waals surface area (Å²) in [6.07, 6.45) is 0. The third-order valence-corrected chi connectivity index (χ3v) is 4.69. The number of ether oxygens (including phenoxy) is 1. The monoisotopic (exact) mass is 416 g/mol. The first-order valence-electron chi connectivity index (χ1n) is 9.96. The molecule has 2 amide bonds. The van der Waals surface area contributed by atoms with Crippen LogP contribution >= 0.6 is 0 Å². The van der Waals surface area contributed by atoms with Gasteiger partial charge in [-0.2, -0.15) is 0 Å². The minimum Gasteiger partial charge on any atom is -0.454 e. The van der Waals surface area contributed by atoms with Crippen LogP contribution in [0.3, 0.4) is 0 Å². The predicted molar refractivity (Wildman–Crippen MR) is 118 cm³/mol. The van der Waals surface area contributed by atoms with E-state index >= 15 is 0 Å². The second kappa shape index (κ2) is 10.7. The number of nitrogens with one attached hydrogen (secondary N) is 2. The van der Waals surface area contributed by atoms with E-state index in [-0.39, 0.29) is 12.6 Å². The fraction of sp³-hybridized carbons (Fsp3) is 0.160. The molecule has 2 N–H and O–H groups in total. The Bertz CT molecular complexity index is 1020. The normalized spacial score (nSPS) is 11.3. The average Bonchev–Trinajstić information content (AvgIpc) is 2.82. The van der Waals surface area contributed by atoms with Crippen LogP contribution in [0.1, 0.15) is 28.9 Å². The van der Waals surface area contributed by atoms with Gasteiger partial charge in [0, 0.05) is 5.56 Å². The van der Waals surface area contributed by atoms with Crippen molar-refractivity contribution in [3.63, 3.8) is 0 Å². The molecular weight excluding hydrogens is 392 g/mol. The molecule has 6 heteroatoms. The summed E-state index contributed by atoms with van der Waals surface area (Å²) in [7, 11) is 0. The highest BCUT2D eigenvalue weighted by atomic mass is 16.5. The lowest BCUT2D eigenvalue weighted by Crippen LogP contribution is -2.34. The van der Waals surface area contributed by atoms with Crippen molar-refractivity contribution >= 4 is 17.8 Å². The molecule has 0 heterocycles. The van der Waals surface area contributed by atoms with Crippen LogP contribution in [-0.2, 0) is 14.3 Å². The Morgan fingerprint density at radius 1 is 0.806 bits per heavy atom. The first-order valence-corrected chi connectivity index (χ1v) is 9.96. The molecule has 6 nitrogen and oxygen atoms in total. The highest BCUT2D eigenvalue weighted by Crippen LogP contribution is 2.19. The molecule has 3 rings (SSSR count). The van der Waals surface area contributed by atoms with Crippen LogP contribution in [0, 0.1) is 0 Å². The number of amides is 2. The van der Waals surface area contributed by atoms with E-state index in [0.717, 1.165) is 16.7 Å². The first kappa shape index (κ1) is 21.8. The fourth-order valence-electron chi connectivity index (χ4n) is 3.00. The van der Waals surface area contributed by atoms with Gasteiger partial charge in [-0.05, 0) is 35.7 Å². The second-order valence-corrected chi connectivity index (χ2v) is 6.99. The molecular formula is C25H24N2O4. The van der Waals surface area contributed by atoms with Gasteiger partial charge in [-0.1, -0.05) is 72.8 Å². The van der Waals surface area contributed by atoms with E-state index in [4.69, 9.17) is 4.74 Å². The van der Waals surface area contributed by atoms with Crippen molar-refractivity contribution in [1.82, 2.24) is 10.6 Å². The van der Waals surface area contributed by atoms with Crippen molar-refractivity contribution in [2.24, 2.45) is 0 Å².